The van der Waals surface area contributed by atoms with E-state index in [2.05, 4.69) is 10.6 Å². The van der Waals surface area contributed by atoms with Crippen molar-refractivity contribution < 1.29 is 4.79 Å². The number of halogens is 2. The Hall–Kier alpha value is -1.07. The van der Waals surface area contributed by atoms with Crippen molar-refractivity contribution in [3.8, 4) is 0 Å². The standard InChI is InChI=1S/C14H14Cl2N2OS/c1-9-2-3-10(15)6-12(9)18-14(19)8-17-7-11-4-5-13(16)20-11/h2-6,17H,7-8H2,1H3,(H,18,19). The van der Waals surface area contributed by atoms with Gasteiger partial charge >= 0.3 is 0 Å². The van der Waals surface area contributed by atoms with Gasteiger partial charge in [-0.1, -0.05) is 29.3 Å². The molecule has 0 atom stereocenters. The molecule has 0 aliphatic carbocycles. The van der Waals surface area contributed by atoms with Crippen LogP contribution in [0.25, 0.3) is 0 Å². The van der Waals surface area contributed by atoms with Gasteiger partial charge in [-0.15, -0.1) is 11.3 Å². The van der Waals surface area contributed by atoms with Gasteiger partial charge < -0.3 is 10.6 Å². The quantitative estimate of drug-likeness (QED) is 0.867. The molecule has 1 aromatic carbocycles. The lowest BCUT2D eigenvalue weighted by Crippen LogP contribution is -2.27. The molecule has 0 bridgehead atoms. The smallest absolute Gasteiger partial charge is 0.238 e. The van der Waals surface area contributed by atoms with Crippen LogP contribution < -0.4 is 10.6 Å². The summed E-state index contributed by atoms with van der Waals surface area (Å²) in [5, 5.41) is 6.51. The second-order valence-electron chi connectivity index (χ2n) is 4.32. The predicted octanol–water partition coefficient (Wildman–Crippen LogP) is 4.09. The average Bonchev–Trinajstić information content (AvgIpc) is 2.80. The molecule has 106 valence electrons. The first kappa shape index (κ1) is 15.3. The maximum atomic E-state index is 11.8. The Balaban J connectivity index is 1.82. The van der Waals surface area contributed by atoms with Crippen LogP contribution in [0.15, 0.2) is 30.3 Å². The summed E-state index contributed by atoms with van der Waals surface area (Å²) >= 11 is 13.3. The van der Waals surface area contributed by atoms with Crippen molar-refractivity contribution in [3.05, 3.63) is 50.1 Å². The highest BCUT2D eigenvalue weighted by molar-refractivity contribution is 7.16. The van der Waals surface area contributed by atoms with E-state index < -0.39 is 0 Å². The minimum Gasteiger partial charge on any atom is -0.325 e. The lowest BCUT2D eigenvalue weighted by Gasteiger charge is -2.09. The largest absolute Gasteiger partial charge is 0.325 e. The average molecular weight is 329 g/mol. The van der Waals surface area contributed by atoms with Crippen molar-refractivity contribution >= 4 is 46.1 Å². The number of nitrogens with one attached hydrogen (secondary N) is 2. The summed E-state index contributed by atoms with van der Waals surface area (Å²) in [7, 11) is 0. The predicted molar refractivity (Wildman–Crippen MR) is 85.9 cm³/mol. The van der Waals surface area contributed by atoms with E-state index in [0.29, 0.717) is 11.6 Å². The number of benzene rings is 1. The van der Waals surface area contributed by atoms with E-state index in [9.17, 15) is 4.79 Å². The van der Waals surface area contributed by atoms with Crippen LogP contribution in [-0.2, 0) is 11.3 Å². The molecule has 0 unspecified atom stereocenters. The Morgan fingerprint density at radius 2 is 2.05 bits per heavy atom. The maximum absolute atomic E-state index is 11.8. The van der Waals surface area contributed by atoms with Crippen molar-refractivity contribution in [2.24, 2.45) is 0 Å². The normalized spacial score (nSPS) is 10.6. The summed E-state index contributed by atoms with van der Waals surface area (Å²) < 4.78 is 0.751. The van der Waals surface area contributed by atoms with E-state index in [1.165, 1.54) is 11.3 Å². The van der Waals surface area contributed by atoms with Gasteiger partial charge in [0.25, 0.3) is 0 Å². The van der Waals surface area contributed by atoms with E-state index >= 15 is 0 Å². The van der Waals surface area contributed by atoms with Gasteiger partial charge in [0.2, 0.25) is 5.91 Å². The first-order valence-corrected chi connectivity index (χ1v) is 7.63. The van der Waals surface area contributed by atoms with E-state index in [1.54, 1.807) is 12.1 Å². The van der Waals surface area contributed by atoms with Crippen LogP contribution in [0.2, 0.25) is 9.36 Å². The van der Waals surface area contributed by atoms with Gasteiger partial charge in [0, 0.05) is 22.1 Å². The number of rotatable bonds is 5. The van der Waals surface area contributed by atoms with Crippen molar-refractivity contribution in [2.75, 3.05) is 11.9 Å². The molecule has 0 saturated carbocycles. The molecular formula is C14H14Cl2N2OS. The zero-order valence-electron chi connectivity index (χ0n) is 10.9. The lowest BCUT2D eigenvalue weighted by atomic mass is 10.2. The Bertz CT molecular complexity index is 613. The molecule has 0 aliphatic heterocycles. The van der Waals surface area contributed by atoms with E-state index in [1.807, 2.05) is 25.1 Å². The van der Waals surface area contributed by atoms with Crippen LogP contribution in [-0.4, -0.2) is 12.5 Å². The van der Waals surface area contributed by atoms with Crippen molar-refractivity contribution in [1.82, 2.24) is 5.32 Å². The van der Waals surface area contributed by atoms with Crippen molar-refractivity contribution in [3.63, 3.8) is 0 Å². The molecule has 2 rings (SSSR count). The van der Waals surface area contributed by atoms with Crippen LogP contribution >= 0.6 is 34.5 Å². The molecule has 0 fully saturated rings. The van der Waals surface area contributed by atoms with Gasteiger partial charge in [0.1, 0.15) is 0 Å². The number of hydrogen-bond acceptors (Lipinski definition) is 3. The van der Waals surface area contributed by atoms with Gasteiger partial charge in [0.15, 0.2) is 0 Å². The van der Waals surface area contributed by atoms with E-state index in [0.717, 1.165) is 20.5 Å². The fraction of sp³-hybridized carbons (Fsp3) is 0.214. The molecule has 1 aromatic heterocycles. The Morgan fingerprint density at radius 1 is 1.25 bits per heavy atom. The first-order chi connectivity index (χ1) is 9.54. The summed E-state index contributed by atoms with van der Waals surface area (Å²) in [5.74, 6) is -0.0991. The third-order valence-electron chi connectivity index (χ3n) is 2.69. The molecule has 0 radical (unpaired) electrons. The molecule has 2 aromatic rings. The molecule has 1 heterocycles. The van der Waals surface area contributed by atoms with Crippen LogP contribution in [0.4, 0.5) is 5.69 Å². The summed E-state index contributed by atoms with van der Waals surface area (Å²) in [6, 6.07) is 9.20. The third kappa shape index (κ3) is 4.49. The molecule has 6 heteroatoms. The minimum atomic E-state index is -0.0991. The van der Waals surface area contributed by atoms with Gasteiger partial charge in [-0.05, 0) is 36.8 Å². The number of amides is 1. The molecule has 0 aliphatic rings. The number of carbonyl (C=O) groups excluding carboxylic acids is 1. The molecule has 0 saturated heterocycles. The zero-order valence-corrected chi connectivity index (χ0v) is 13.2. The third-order valence-corrected chi connectivity index (χ3v) is 4.15. The fourth-order valence-corrected chi connectivity index (χ4v) is 2.90. The second kappa shape index (κ2) is 7.09. The first-order valence-electron chi connectivity index (χ1n) is 6.05. The molecule has 1 amide bonds. The van der Waals surface area contributed by atoms with Gasteiger partial charge in [-0.2, -0.15) is 0 Å². The van der Waals surface area contributed by atoms with E-state index in [4.69, 9.17) is 23.2 Å². The topological polar surface area (TPSA) is 41.1 Å². The molecule has 0 spiro atoms. The summed E-state index contributed by atoms with van der Waals surface area (Å²) in [6.07, 6.45) is 0. The number of aryl methyl sites for hydroxylation is 1. The van der Waals surface area contributed by atoms with E-state index in [-0.39, 0.29) is 12.5 Å². The lowest BCUT2D eigenvalue weighted by molar-refractivity contribution is -0.115. The highest BCUT2D eigenvalue weighted by atomic mass is 35.5. The summed E-state index contributed by atoms with van der Waals surface area (Å²) in [5.41, 5.74) is 1.72. The Morgan fingerprint density at radius 3 is 2.75 bits per heavy atom. The fourth-order valence-electron chi connectivity index (χ4n) is 1.67. The molecular weight excluding hydrogens is 315 g/mol. The second-order valence-corrected chi connectivity index (χ2v) is 6.55. The number of thiophene rings is 1. The maximum Gasteiger partial charge on any atom is 0.238 e. The number of carbonyl (C=O) groups is 1. The van der Waals surface area contributed by atoms with Crippen LogP contribution in [0.5, 0.6) is 0 Å². The highest BCUT2D eigenvalue weighted by Gasteiger charge is 2.05. The molecule has 2 N–H and O–H groups in total. The monoisotopic (exact) mass is 328 g/mol. The SMILES string of the molecule is Cc1ccc(Cl)cc1NC(=O)CNCc1ccc(Cl)s1. The van der Waals surface area contributed by atoms with Gasteiger partial charge in [-0.25, -0.2) is 0 Å². The van der Waals surface area contributed by atoms with Crippen LogP contribution in [0.1, 0.15) is 10.4 Å². The van der Waals surface area contributed by atoms with Crippen LogP contribution in [0.3, 0.4) is 0 Å². The number of hydrogen-bond donors (Lipinski definition) is 2. The Labute approximate surface area is 131 Å². The number of anilines is 1. The van der Waals surface area contributed by atoms with Crippen molar-refractivity contribution in [2.45, 2.75) is 13.5 Å². The minimum absolute atomic E-state index is 0.0991. The molecule has 20 heavy (non-hydrogen) atoms. The highest BCUT2D eigenvalue weighted by Crippen LogP contribution is 2.21. The van der Waals surface area contributed by atoms with Gasteiger partial charge in [-0.3, -0.25) is 4.79 Å². The zero-order chi connectivity index (χ0) is 14.5. The molecule has 3 nitrogen and oxygen atoms in total. The Kier molecular flexibility index (Phi) is 5.43. The van der Waals surface area contributed by atoms with Crippen molar-refractivity contribution in [1.29, 1.82) is 0 Å². The van der Waals surface area contributed by atoms with Gasteiger partial charge in [0.05, 0.1) is 10.9 Å². The van der Waals surface area contributed by atoms with Crippen LogP contribution in [0, 0.1) is 6.92 Å². The summed E-state index contributed by atoms with van der Waals surface area (Å²) in [6.45, 7) is 2.79. The summed E-state index contributed by atoms with van der Waals surface area (Å²) in [4.78, 5) is 12.9.